The van der Waals surface area contributed by atoms with Crippen molar-refractivity contribution in [3.8, 4) is 16.8 Å². The minimum absolute atomic E-state index is 0.0630. The lowest BCUT2D eigenvalue weighted by Gasteiger charge is -2.39. The van der Waals surface area contributed by atoms with E-state index in [4.69, 9.17) is 0 Å². The topological polar surface area (TPSA) is 8.17 Å². The Morgan fingerprint density at radius 3 is 1.75 bits per heavy atom. The van der Waals surface area contributed by atoms with Gasteiger partial charge in [-0.25, -0.2) is 0 Å². The number of benzene rings is 8. The van der Waals surface area contributed by atoms with Gasteiger partial charge in [-0.1, -0.05) is 135 Å². The smallest absolute Gasteiger partial charge is 0.0541 e. The van der Waals surface area contributed by atoms with Crippen LogP contribution in [0, 0.1) is 0 Å². The van der Waals surface area contributed by atoms with E-state index in [1.807, 2.05) is 11.3 Å². The van der Waals surface area contributed by atoms with Crippen LogP contribution < -0.4 is 4.90 Å². The summed E-state index contributed by atoms with van der Waals surface area (Å²) in [7, 11) is 0. The quantitative estimate of drug-likeness (QED) is 0.157. The molecule has 0 aliphatic heterocycles. The second kappa shape index (κ2) is 14.0. The van der Waals surface area contributed by atoms with Gasteiger partial charge in [0.05, 0.1) is 11.0 Å². The van der Waals surface area contributed by atoms with Crippen LogP contribution in [0.4, 0.5) is 17.1 Å². The van der Waals surface area contributed by atoms with Gasteiger partial charge >= 0.3 is 0 Å². The molecule has 57 heavy (non-hydrogen) atoms. The molecule has 0 unspecified atom stereocenters. The van der Waals surface area contributed by atoms with E-state index in [0.29, 0.717) is 0 Å². The number of thiophene rings is 1. The van der Waals surface area contributed by atoms with Crippen molar-refractivity contribution in [1.82, 2.24) is 4.57 Å². The maximum atomic E-state index is 2.44. The lowest BCUT2D eigenvalue weighted by molar-refractivity contribution is 0.346. The van der Waals surface area contributed by atoms with Gasteiger partial charge in [-0.05, 0) is 114 Å². The highest BCUT2D eigenvalue weighted by atomic mass is 32.1. The summed E-state index contributed by atoms with van der Waals surface area (Å²) in [5, 5.41) is 5.15. The number of aromatic nitrogens is 1. The van der Waals surface area contributed by atoms with Gasteiger partial charge in [0.2, 0.25) is 0 Å². The SMILES string of the molecule is c1ccc(-n2c3ccccc3c3cc(-c4ccc(N(c5ccc(C6(c7ccccc7)CCCCC6)cc5)c5ccc6sc7ccccc7c6c5)cc4)ccc32)cc1. The molecule has 0 spiro atoms. The zero-order valence-corrected chi connectivity index (χ0v) is 32.6. The molecule has 1 saturated carbocycles. The summed E-state index contributed by atoms with van der Waals surface area (Å²) in [6.07, 6.45) is 6.25. The molecular weight excluding hydrogens is 709 g/mol. The normalized spacial score (nSPS) is 14.1. The maximum Gasteiger partial charge on any atom is 0.0541 e. The van der Waals surface area contributed by atoms with E-state index in [0.717, 1.165) is 11.4 Å². The molecule has 2 aromatic heterocycles. The summed E-state index contributed by atoms with van der Waals surface area (Å²) < 4.78 is 5.02. The number of fused-ring (bicyclic) bond motifs is 6. The first-order chi connectivity index (χ1) is 28.2. The molecule has 1 aliphatic rings. The Hall–Kier alpha value is -6.42. The highest BCUT2D eigenvalue weighted by molar-refractivity contribution is 7.25. The summed E-state index contributed by atoms with van der Waals surface area (Å²) in [6.45, 7) is 0. The van der Waals surface area contributed by atoms with Gasteiger partial charge in [0, 0.05) is 59.1 Å². The Kier molecular flexibility index (Phi) is 8.29. The fraction of sp³-hybridized carbons (Fsp3) is 0.111. The van der Waals surface area contributed by atoms with Crippen LogP contribution in [0.1, 0.15) is 43.2 Å². The summed E-state index contributed by atoms with van der Waals surface area (Å²) in [6, 6.07) is 72.1. The van der Waals surface area contributed by atoms with Crippen molar-refractivity contribution in [2.24, 2.45) is 0 Å². The zero-order valence-electron chi connectivity index (χ0n) is 31.8. The van der Waals surface area contributed by atoms with Crippen molar-refractivity contribution in [2.45, 2.75) is 37.5 Å². The standard InChI is InChI=1S/C54H42N2S/c1-4-14-40(15-5-1)54(34-12-3-13-35-54)41-25-29-44(30-26-41)55(45-31-33-53-49(37-45)47-19-9-11-21-52(47)57-53)43-27-22-38(23-28-43)39-24-32-51-48(36-39)46-18-8-10-20-50(46)56(51)42-16-6-2-7-17-42/h1-2,4-11,14-33,36-37H,3,12-13,34-35H2. The predicted molar refractivity (Wildman–Crippen MR) is 244 cm³/mol. The number of rotatable bonds is 7. The molecule has 10 aromatic rings. The first-order valence-electron chi connectivity index (χ1n) is 20.3. The van der Waals surface area contributed by atoms with Crippen LogP contribution in [-0.4, -0.2) is 4.57 Å². The Balaban J connectivity index is 1.01. The lowest BCUT2D eigenvalue weighted by Crippen LogP contribution is -2.30. The number of anilines is 3. The summed E-state index contributed by atoms with van der Waals surface area (Å²) >= 11 is 1.87. The van der Waals surface area contributed by atoms with E-state index in [1.165, 1.54) is 108 Å². The lowest BCUT2D eigenvalue weighted by atomic mass is 9.65. The minimum atomic E-state index is 0.0630. The van der Waals surface area contributed by atoms with E-state index < -0.39 is 0 Å². The largest absolute Gasteiger partial charge is 0.310 e. The second-order valence-electron chi connectivity index (χ2n) is 15.6. The first-order valence-corrected chi connectivity index (χ1v) is 21.1. The van der Waals surface area contributed by atoms with Crippen molar-refractivity contribution < 1.29 is 0 Å². The minimum Gasteiger partial charge on any atom is -0.310 e. The molecule has 0 N–H and O–H groups in total. The molecule has 8 aromatic carbocycles. The van der Waals surface area contributed by atoms with Crippen LogP contribution in [0.25, 0.3) is 58.8 Å². The Morgan fingerprint density at radius 1 is 0.404 bits per heavy atom. The van der Waals surface area contributed by atoms with Gasteiger partial charge in [0.15, 0.2) is 0 Å². The molecule has 1 fully saturated rings. The average Bonchev–Trinajstić information content (AvgIpc) is 3.83. The van der Waals surface area contributed by atoms with Gasteiger partial charge in [-0.2, -0.15) is 0 Å². The Labute approximate surface area is 337 Å². The molecular formula is C54H42N2S. The fourth-order valence-corrected chi connectivity index (χ4v) is 10.8. The van der Waals surface area contributed by atoms with E-state index >= 15 is 0 Å². The van der Waals surface area contributed by atoms with Crippen LogP contribution in [0.2, 0.25) is 0 Å². The van der Waals surface area contributed by atoms with E-state index in [9.17, 15) is 0 Å². The average molecular weight is 751 g/mol. The predicted octanol–water partition coefficient (Wildman–Crippen LogP) is 15.5. The molecule has 0 radical (unpaired) electrons. The molecule has 274 valence electrons. The highest BCUT2D eigenvalue weighted by Crippen LogP contribution is 2.47. The molecule has 0 atom stereocenters. The molecule has 2 nitrogen and oxygen atoms in total. The maximum absolute atomic E-state index is 2.44. The Morgan fingerprint density at radius 2 is 0.982 bits per heavy atom. The number of hydrogen-bond acceptors (Lipinski definition) is 2. The number of para-hydroxylation sites is 2. The van der Waals surface area contributed by atoms with Crippen molar-refractivity contribution in [3.63, 3.8) is 0 Å². The van der Waals surface area contributed by atoms with Crippen LogP contribution in [0.5, 0.6) is 0 Å². The molecule has 0 saturated heterocycles. The van der Waals surface area contributed by atoms with Gasteiger partial charge in [0.1, 0.15) is 0 Å². The van der Waals surface area contributed by atoms with Crippen molar-refractivity contribution >= 4 is 70.4 Å². The van der Waals surface area contributed by atoms with Crippen LogP contribution in [-0.2, 0) is 5.41 Å². The fourth-order valence-electron chi connectivity index (χ4n) is 9.70. The van der Waals surface area contributed by atoms with Gasteiger partial charge in [-0.3, -0.25) is 0 Å². The van der Waals surface area contributed by atoms with Crippen molar-refractivity contribution in [1.29, 1.82) is 0 Å². The Bertz CT molecular complexity index is 3020. The molecule has 0 bridgehead atoms. The molecule has 3 heteroatoms. The van der Waals surface area contributed by atoms with Crippen molar-refractivity contribution in [2.75, 3.05) is 4.90 Å². The first kappa shape index (κ1) is 33.9. The molecule has 11 rings (SSSR count). The third-order valence-electron chi connectivity index (χ3n) is 12.5. The molecule has 2 heterocycles. The number of nitrogens with zero attached hydrogens (tertiary/aromatic N) is 2. The monoisotopic (exact) mass is 750 g/mol. The van der Waals surface area contributed by atoms with Crippen LogP contribution >= 0.6 is 11.3 Å². The van der Waals surface area contributed by atoms with Crippen LogP contribution in [0.15, 0.2) is 194 Å². The van der Waals surface area contributed by atoms with Crippen LogP contribution in [0.3, 0.4) is 0 Å². The summed E-state index contributed by atoms with van der Waals surface area (Å²) in [5.41, 5.74) is 12.4. The van der Waals surface area contributed by atoms with Crippen molar-refractivity contribution in [3.05, 3.63) is 205 Å². The zero-order chi connectivity index (χ0) is 37.8. The van der Waals surface area contributed by atoms with Gasteiger partial charge < -0.3 is 9.47 Å². The van der Waals surface area contributed by atoms with E-state index in [1.54, 1.807) is 0 Å². The van der Waals surface area contributed by atoms with Gasteiger partial charge in [-0.15, -0.1) is 11.3 Å². The third-order valence-corrected chi connectivity index (χ3v) is 13.6. The highest BCUT2D eigenvalue weighted by Gasteiger charge is 2.35. The van der Waals surface area contributed by atoms with E-state index in [-0.39, 0.29) is 5.41 Å². The number of hydrogen-bond donors (Lipinski definition) is 0. The second-order valence-corrected chi connectivity index (χ2v) is 16.7. The summed E-state index contributed by atoms with van der Waals surface area (Å²) in [4.78, 5) is 2.44. The van der Waals surface area contributed by atoms with E-state index in [2.05, 4.69) is 204 Å². The third kappa shape index (κ3) is 5.76. The molecule has 0 amide bonds. The molecule has 1 aliphatic carbocycles. The summed E-state index contributed by atoms with van der Waals surface area (Å²) in [5.74, 6) is 0. The van der Waals surface area contributed by atoms with Gasteiger partial charge in [0.25, 0.3) is 0 Å².